The second-order valence-corrected chi connectivity index (χ2v) is 0.909. The van der Waals surface area contributed by atoms with E-state index in [4.69, 9.17) is 23.2 Å². The van der Waals surface area contributed by atoms with Crippen LogP contribution in [-0.4, -0.2) is 34.9 Å². The van der Waals surface area contributed by atoms with Crippen LogP contribution in [0, 0.1) is 0 Å². The van der Waals surface area contributed by atoms with Gasteiger partial charge in [-0.05, 0) is 0 Å². The van der Waals surface area contributed by atoms with Crippen molar-refractivity contribution < 1.29 is 0 Å². The average molecular weight is 108 g/mol. The molecular formula is CH2Cl2Na. The van der Waals surface area contributed by atoms with Gasteiger partial charge in [0.2, 0.25) is 0 Å². The van der Waals surface area contributed by atoms with Gasteiger partial charge in [0.05, 0.1) is 5.34 Å². The van der Waals surface area contributed by atoms with Gasteiger partial charge < -0.3 is 0 Å². The summed E-state index contributed by atoms with van der Waals surface area (Å²) in [4.78, 5) is 0. The summed E-state index contributed by atoms with van der Waals surface area (Å²) >= 11 is 9.53. The van der Waals surface area contributed by atoms with Gasteiger partial charge in [0.25, 0.3) is 0 Å². The number of halogens is 2. The predicted molar refractivity (Wildman–Crippen MR) is 22.3 cm³/mol. The topological polar surface area (TPSA) is 0 Å². The molecule has 0 fully saturated rings. The molecule has 0 nitrogen and oxygen atoms in total. The Morgan fingerprint density at radius 1 is 1.25 bits per heavy atom. The van der Waals surface area contributed by atoms with Gasteiger partial charge >= 0.3 is 0 Å². The molecular weight excluding hydrogens is 106 g/mol. The van der Waals surface area contributed by atoms with E-state index in [1.807, 2.05) is 0 Å². The van der Waals surface area contributed by atoms with Gasteiger partial charge in [-0.2, -0.15) is 0 Å². The van der Waals surface area contributed by atoms with E-state index >= 15 is 0 Å². The fourth-order valence-electron chi connectivity index (χ4n) is 0. The van der Waals surface area contributed by atoms with E-state index in [0.717, 1.165) is 0 Å². The van der Waals surface area contributed by atoms with Crippen molar-refractivity contribution in [2.24, 2.45) is 0 Å². The predicted octanol–water partition coefficient (Wildman–Crippen LogP) is 1.04. The third kappa shape index (κ3) is 9.55. The Bertz CT molecular complexity index is 6.00. The Morgan fingerprint density at radius 2 is 1.25 bits per heavy atom. The van der Waals surface area contributed by atoms with Crippen molar-refractivity contribution in [2.45, 2.75) is 0 Å². The zero-order valence-corrected chi connectivity index (χ0v) is 5.97. The Hall–Kier alpha value is 1.58. The first-order valence-corrected chi connectivity index (χ1v) is 1.60. The van der Waals surface area contributed by atoms with Crippen LogP contribution in [0.5, 0.6) is 0 Å². The maximum Gasteiger partial charge on any atom is 0.0967 e. The Morgan fingerprint density at radius 3 is 1.25 bits per heavy atom. The van der Waals surface area contributed by atoms with Crippen LogP contribution in [0.1, 0.15) is 0 Å². The summed E-state index contributed by atoms with van der Waals surface area (Å²) in [6.45, 7) is 0. The van der Waals surface area contributed by atoms with Crippen molar-refractivity contribution in [3.05, 3.63) is 0 Å². The van der Waals surface area contributed by atoms with Crippen LogP contribution in [0.25, 0.3) is 0 Å². The molecule has 0 spiro atoms. The van der Waals surface area contributed by atoms with Crippen LogP contribution in [0.4, 0.5) is 0 Å². The number of rotatable bonds is 0. The molecule has 1 radical (unpaired) electrons. The molecule has 0 aliphatic heterocycles. The molecule has 0 saturated carbocycles. The Kier molecular flexibility index (Phi) is 20.1. The first-order chi connectivity index (χ1) is 1.41. The van der Waals surface area contributed by atoms with E-state index in [2.05, 4.69) is 0 Å². The summed E-state index contributed by atoms with van der Waals surface area (Å²) in [6, 6.07) is 0. The molecule has 3 heteroatoms. The molecule has 0 heterocycles. The van der Waals surface area contributed by atoms with Crippen LogP contribution >= 0.6 is 23.2 Å². The fourth-order valence-corrected chi connectivity index (χ4v) is 0. The van der Waals surface area contributed by atoms with E-state index in [9.17, 15) is 0 Å². The van der Waals surface area contributed by atoms with Crippen LogP contribution < -0.4 is 0 Å². The average Bonchev–Trinajstić information content (AvgIpc) is 0.918. The third-order valence-corrected chi connectivity index (χ3v) is 0. The second-order valence-electron chi connectivity index (χ2n) is 0.101. The monoisotopic (exact) mass is 107 g/mol. The minimum absolute atomic E-state index is 0. The van der Waals surface area contributed by atoms with Gasteiger partial charge in [-0.3, -0.25) is 0 Å². The standard InChI is InChI=1S/CH2Cl2.Na/c2-1-3;/h1H2;. The molecule has 0 aromatic carbocycles. The smallest absolute Gasteiger partial charge is 0.0967 e. The SMILES string of the molecule is ClCCl.[Na]. The minimum Gasteiger partial charge on any atom is -0.109 e. The number of hydrogen-bond acceptors (Lipinski definition) is 0. The summed E-state index contributed by atoms with van der Waals surface area (Å²) < 4.78 is 0. The molecule has 4 heavy (non-hydrogen) atoms. The van der Waals surface area contributed by atoms with E-state index in [1.54, 1.807) is 0 Å². The van der Waals surface area contributed by atoms with Crippen molar-refractivity contribution in [2.75, 3.05) is 5.34 Å². The van der Waals surface area contributed by atoms with Gasteiger partial charge in [-0.25, -0.2) is 0 Å². The van der Waals surface area contributed by atoms with Gasteiger partial charge in [-0.15, -0.1) is 23.2 Å². The van der Waals surface area contributed by atoms with Crippen LogP contribution in [0.3, 0.4) is 0 Å². The number of alkyl halides is 2. The van der Waals surface area contributed by atoms with Crippen LogP contribution in [0.15, 0.2) is 0 Å². The van der Waals surface area contributed by atoms with Crippen molar-refractivity contribution in [3.8, 4) is 0 Å². The largest absolute Gasteiger partial charge is 0.109 e. The first-order valence-electron chi connectivity index (χ1n) is 0.535. The molecule has 0 bridgehead atoms. The van der Waals surface area contributed by atoms with E-state index in [-0.39, 0.29) is 34.9 Å². The molecule has 0 rings (SSSR count). The van der Waals surface area contributed by atoms with Gasteiger partial charge in [-0.1, -0.05) is 0 Å². The van der Waals surface area contributed by atoms with E-state index in [1.165, 1.54) is 0 Å². The molecule has 0 atom stereocenters. The summed E-state index contributed by atoms with van der Waals surface area (Å²) in [6.07, 6.45) is 0. The summed E-state index contributed by atoms with van der Waals surface area (Å²) in [5, 5.41) is 0.194. The van der Waals surface area contributed by atoms with Gasteiger partial charge in [0.15, 0.2) is 0 Å². The molecule has 0 N–H and O–H groups in total. The van der Waals surface area contributed by atoms with Crippen molar-refractivity contribution in [1.82, 2.24) is 0 Å². The molecule has 0 aromatic rings. The summed E-state index contributed by atoms with van der Waals surface area (Å²) in [5.41, 5.74) is 0. The minimum atomic E-state index is 0. The molecule has 21 valence electrons. The molecule has 0 aliphatic rings. The van der Waals surface area contributed by atoms with E-state index in [0.29, 0.717) is 0 Å². The van der Waals surface area contributed by atoms with Crippen LogP contribution in [-0.2, 0) is 0 Å². The second kappa shape index (κ2) is 8.82. The van der Waals surface area contributed by atoms with Crippen molar-refractivity contribution >= 4 is 52.8 Å². The maximum atomic E-state index is 4.76. The molecule has 0 aliphatic carbocycles. The molecule has 0 aromatic heterocycles. The molecule has 0 saturated heterocycles. The number of hydrogen-bond donors (Lipinski definition) is 0. The van der Waals surface area contributed by atoms with Crippen molar-refractivity contribution in [3.63, 3.8) is 0 Å². The van der Waals surface area contributed by atoms with Gasteiger partial charge in [0, 0.05) is 29.6 Å². The first kappa shape index (κ1) is 9.13. The zero-order valence-electron chi connectivity index (χ0n) is 2.46. The third-order valence-electron chi connectivity index (χ3n) is 0. The van der Waals surface area contributed by atoms with Gasteiger partial charge in [0.1, 0.15) is 0 Å². The molecule has 0 unspecified atom stereocenters. The Balaban J connectivity index is 0. The fraction of sp³-hybridized carbons (Fsp3) is 1.00. The van der Waals surface area contributed by atoms with E-state index < -0.39 is 0 Å². The molecule has 0 amide bonds. The summed E-state index contributed by atoms with van der Waals surface area (Å²) in [7, 11) is 0. The quantitative estimate of drug-likeness (QED) is 0.321. The maximum absolute atomic E-state index is 4.76. The Labute approximate surface area is 57.8 Å². The normalized spacial score (nSPS) is 4.50. The zero-order chi connectivity index (χ0) is 2.71. The van der Waals surface area contributed by atoms with Crippen LogP contribution in [0.2, 0.25) is 0 Å². The van der Waals surface area contributed by atoms with Crippen molar-refractivity contribution in [1.29, 1.82) is 0 Å². The summed E-state index contributed by atoms with van der Waals surface area (Å²) in [5.74, 6) is 0.